The van der Waals surface area contributed by atoms with E-state index in [1.165, 1.54) is 0 Å². The van der Waals surface area contributed by atoms with Crippen molar-refractivity contribution in [1.82, 2.24) is 4.90 Å². The monoisotopic (exact) mass is 263 g/mol. The van der Waals surface area contributed by atoms with Gasteiger partial charge in [0.05, 0.1) is 0 Å². The fraction of sp³-hybridized carbons (Fsp3) is 0.429. The number of carbonyl (C=O) groups is 2. The van der Waals surface area contributed by atoms with Crippen LogP contribution in [0.3, 0.4) is 0 Å². The van der Waals surface area contributed by atoms with Crippen LogP contribution in [-0.4, -0.2) is 45.7 Å². The molecule has 1 aromatic carbocycles. The van der Waals surface area contributed by atoms with Gasteiger partial charge in [0.1, 0.15) is 0 Å². The number of nitrogens with zero attached hydrogens (tertiary/aromatic N) is 1. The van der Waals surface area contributed by atoms with Crippen LogP contribution in [0.15, 0.2) is 24.3 Å². The number of hydrogen-bond acceptors (Lipinski definition) is 3. The molecule has 0 aliphatic carbocycles. The number of amides is 1. The number of carboxylic acid groups (broad SMARTS) is 1. The highest BCUT2D eigenvalue weighted by Gasteiger charge is 2.40. The zero-order valence-electron chi connectivity index (χ0n) is 10.8. The minimum absolute atomic E-state index is 0.0694. The van der Waals surface area contributed by atoms with E-state index in [2.05, 4.69) is 0 Å². The maximum atomic E-state index is 12.2. The molecule has 1 heterocycles. The van der Waals surface area contributed by atoms with Crippen molar-refractivity contribution >= 4 is 11.9 Å². The van der Waals surface area contributed by atoms with E-state index in [0.29, 0.717) is 5.56 Å². The van der Waals surface area contributed by atoms with E-state index >= 15 is 0 Å². The third-order valence-electron chi connectivity index (χ3n) is 3.57. The van der Waals surface area contributed by atoms with E-state index in [0.717, 1.165) is 5.56 Å². The molecule has 1 aliphatic rings. The summed E-state index contributed by atoms with van der Waals surface area (Å²) in [4.78, 5) is 24.7. The van der Waals surface area contributed by atoms with Crippen LogP contribution >= 0.6 is 0 Å². The third kappa shape index (κ3) is 2.76. The first-order valence-electron chi connectivity index (χ1n) is 6.24. The highest BCUT2D eigenvalue weighted by atomic mass is 16.4. The fourth-order valence-corrected chi connectivity index (χ4v) is 2.17. The lowest BCUT2D eigenvalue weighted by Crippen LogP contribution is -2.50. The van der Waals surface area contributed by atoms with Crippen LogP contribution < -0.4 is 0 Å². The van der Waals surface area contributed by atoms with E-state index in [4.69, 9.17) is 5.11 Å². The second kappa shape index (κ2) is 5.01. The lowest BCUT2D eigenvalue weighted by atomic mass is 9.91. The zero-order valence-corrected chi connectivity index (χ0v) is 10.8. The molecule has 19 heavy (non-hydrogen) atoms. The summed E-state index contributed by atoms with van der Waals surface area (Å²) in [5, 5.41) is 18.7. The van der Waals surface area contributed by atoms with Gasteiger partial charge in [-0.3, -0.25) is 4.79 Å². The average molecular weight is 263 g/mol. The Kier molecular flexibility index (Phi) is 3.57. The molecule has 5 nitrogen and oxygen atoms in total. The van der Waals surface area contributed by atoms with Gasteiger partial charge in [0.2, 0.25) is 0 Å². The van der Waals surface area contributed by atoms with E-state index < -0.39 is 11.6 Å². The van der Waals surface area contributed by atoms with Gasteiger partial charge in [-0.2, -0.15) is 0 Å². The van der Waals surface area contributed by atoms with E-state index in [9.17, 15) is 14.7 Å². The smallest absolute Gasteiger partial charge is 0.335 e. The number of piperidine rings is 1. The summed E-state index contributed by atoms with van der Waals surface area (Å²) in [5.41, 5.74) is -0.0221. The topological polar surface area (TPSA) is 77.8 Å². The quantitative estimate of drug-likeness (QED) is 0.836. The summed E-state index contributed by atoms with van der Waals surface area (Å²) in [7, 11) is 0. The number of likely N-dealkylation sites (tertiary alicyclic amines) is 1. The highest BCUT2D eigenvalue weighted by Crippen LogP contribution is 2.23. The molecule has 1 amide bonds. The summed E-state index contributed by atoms with van der Waals surface area (Å²) in [6.07, 6.45) is 0.139. The number of carbonyl (C=O) groups excluding carboxylic acids is 1. The molecular formula is C14H17NO4. The van der Waals surface area contributed by atoms with Gasteiger partial charge >= 0.3 is 5.97 Å². The van der Waals surface area contributed by atoms with Crippen LogP contribution in [0.1, 0.15) is 28.8 Å². The first-order valence-corrected chi connectivity index (χ1v) is 6.24. The van der Waals surface area contributed by atoms with Crippen molar-refractivity contribution in [2.24, 2.45) is 0 Å². The minimum Gasteiger partial charge on any atom is -0.479 e. The summed E-state index contributed by atoms with van der Waals surface area (Å²) in [6.45, 7) is 2.47. The average Bonchev–Trinajstić information content (AvgIpc) is 2.39. The normalized spacial score (nSPS) is 18.1. The first-order chi connectivity index (χ1) is 8.92. The van der Waals surface area contributed by atoms with Crippen molar-refractivity contribution in [2.75, 3.05) is 13.1 Å². The molecule has 102 valence electrons. The predicted molar refractivity (Wildman–Crippen MR) is 68.9 cm³/mol. The standard InChI is InChI=1S/C14H17NO4/c1-10-2-4-11(5-3-10)12(16)15-8-6-14(19,7-9-15)13(17)18/h2-5,19H,6-9H2,1H3,(H,17,18). The molecule has 1 aromatic rings. The van der Waals surface area contributed by atoms with Crippen molar-refractivity contribution in [3.05, 3.63) is 35.4 Å². The van der Waals surface area contributed by atoms with Crippen LogP contribution in [0.4, 0.5) is 0 Å². The second-order valence-electron chi connectivity index (χ2n) is 4.99. The SMILES string of the molecule is Cc1ccc(C(=O)N2CCC(O)(C(=O)O)CC2)cc1. The van der Waals surface area contributed by atoms with Crippen molar-refractivity contribution in [3.63, 3.8) is 0 Å². The molecule has 0 radical (unpaired) electrons. The summed E-state index contributed by atoms with van der Waals surface area (Å²) >= 11 is 0. The Hall–Kier alpha value is -1.88. The summed E-state index contributed by atoms with van der Waals surface area (Å²) in [6, 6.07) is 7.25. The number of aliphatic hydroxyl groups is 1. The Labute approximate surface area is 111 Å². The van der Waals surface area contributed by atoms with Gasteiger partial charge in [0.25, 0.3) is 5.91 Å². The number of benzene rings is 1. The van der Waals surface area contributed by atoms with Crippen LogP contribution in [0, 0.1) is 6.92 Å². The molecule has 2 rings (SSSR count). The molecule has 0 aromatic heterocycles. The number of rotatable bonds is 2. The minimum atomic E-state index is -1.69. The van der Waals surface area contributed by atoms with Crippen molar-refractivity contribution < 1.29 is 19.8 Å². The molecular weight excluding hydrogens is 246 g/mol. The summed E-state index contributed by atoms with van der Waals surface area (Å²) < 4.78 is 0. The maximum Gasteiger partial charge on any atom is 0.335 e. The third-order valence-corrected chi connectivity index (χ3v) is 3.57. The Morgan fingerprint density at radius 1 is 1.16 bits per heavy atom. The summed E-state index contributed by atoms with van der Waals surface area (Å²) in [5.74, 6) is -1.33. The number of hydrogen-bond donors (Lipinski definition) is 2. The molecule has 0 bridgehead atoms. The van der Waals surface area contributed by atoms with Crippen molar-refractivity contribution in [1.29, 1.82) is 0 Å². The Balaban J connectivity index is 2.04. The zero-order chi connectivity index (χ0) is 14.0. The number of aryl methyl sites for hydroxylation is 1. The fourth-order valence-electron chi connectivity index (χ4n) is 2.17. The van der Waals surface area contributed by atoms with Crippen LogP contribution in [0.25, 0.3) is 0 Å². The van der Waals surface area contributed by atoms with Gasteiger partial charge in [-0.25, -0.2) is 4.79 Å². The van der Waals surface area contributed by atoms with Crippen LogP contribution in [0.2, 0.25) is 0 Å². The Morgan fingerprint density at radius 3 is 2.16 bits per heavy atom. The number of aliphatic carboxylic acids is 1. The van der Waals surface area contributed by atoms with Gasteiger partial charge in [-0.05, 0) is 19.1 Å². The molecule has 0 atom stereocenters. The van der Waals surface area contributed by atoms with E-state index in [1.54, 1.807) is 17.0 Å². The number of carboxylic acids is 1. The predicted octanol–water partition coefficient (Wildman–Crippen LogP) is 1.05. The first kappa shape index (κ1) is 13.5. The molecule has 1 saturated heterocycles. The van der Waals surface area contributed by atoms with E-state index in [1.807, 2.05) is 19.1 Å². The second-order valence-corrected chi connectivity index (χ2v) is 4.99. The highest BCUT2D eigenvalue weighted by molar-refractivity contribution is 5.94. The van der Waals surface area contributed by atoms with Crippen LogP contribution in [-0.2, 0) is 4.79 Å². The largest absolute Gasteiger partial charge is 0.479 e. The van der Waals surface area contributed by atoms with Crippen LogP contribution in [0.5, 0.6) is 0 Å². The van der Waals surface area contributed by atoms with Crippen molar-refractivity contribution in [2.45, 2.75) is 25.4 Å². The molecule has 1 aliphatic heterocycles. The van der Waals surface area contributed by atoms with Gasteiger partial charge in [0, 0.05) is 31.5 Å². The lowest BCUT2D eigenvalue weighted by molar-refractivity contribution is -0.162. The molecule has 0 unspecified atom stereocenters. The molecule has 0 saturated carbocycles. The molecule has 1 fully saturated rings. The Morgan fingerprint density at radius 2 is 1.68 bits per heavy atom. The van der Waals surface area contributed by atoms with Gasteiger partial charge < -0.3 is 15.1 Å². The maximum absolute atomic E-state index is 12.2. The van der Waals surface area contributed by atoms with E-state index in [-0.39, 0.29) is 31.8 Å². The molecule has 5 heteroatoms. The lowest BCUT2D eigenvalue weighted by Gasteiger charge is -2.35. The Bertz CT molecular complexity index is 487. The van der Waals surface area contributed by atoms with Gasteiger partial charge in [-0.1, -0.05) is 17.7 Å². The van der Waals surface area contributed by atoms with Gasteiger partial charge in [0.15, 0.2) is 5.60 Å². The van der Waals surface area contributed by atoms with Gasteiger partial charge in [-0.15, -0.1) is 0 Å². The molecule has 2 N–H and O–H groups in total. The van der Waals surface area contributed by atoms with Crippen molar-refractivity contribution in [3.8, 4) is 0 Å². The molecule has 0 spiro atoms.